The molecular weight excluding hydrogens is 416 g/mol. The van der Waals surface area contributed by atoms with Gasteiger partial charge < -0.3 is 9.84 Å². The number of nitrogens with zero attached hydrogens (tertiary/aromatic N) is 2. The average molecular weight is 435 g/mol. The molecule has 0 bridgehead atoms. The highest BCUT2D eigenvalue weighted by molar-refractivity contribution is 8.03. The fourth-order valence-corrected chi connectivity index (χ4v) is 5.18. The van der Waals surface area contributed by atoms with Crippen LogP contribution in [0, 0.1) is 0 Å². The van der Waals surface area contributed by atoms with Gasteiger partial charge in [-0.15, -0.1) is 11.8 Å². The number of aromatic hydroxyl groups is 1. The fourth-order valence-electron chi connectivity index (χ4n) is 3.10. The predicted molar refractivity (Wildman–Crippen MR) is 116 cm³/mol. The van der Waals surface area contributed by atoms with Crippen molar-refractivity contribution in [1.82, 2.24) is 9.38 Å². The molecule has 4 rings (SSSR count). The summed E-state index contributed by atoms with van der Waals surface area (Å²) in [4.78, 5) is 18.2. The SMILES string of the molecule is CCCOc1cc(C=c2sc3nc(C4C=CSC4C)cn3c2=O)cc(Cl)c1O. The molecule has 1 aromatic carbocycles. The van der Waals surface area contributed by atoms with Crippen LogP contribution in [0.5, 0.6) is 11.5 Å². The highest BCUT2D eigenvalue weighted by Gasteiger charge is 2.24. The quantitative estimate of drug-likeness (QED) is 0.652. The number of phenols is 1. The molecule has 0 spiro atoms. The van der Waals surface area contributed by atoms with Crippen LogP contribution in [-0.2, 0) is 0 Å². The second kappa shape index (κ2) is 7.81. The zero-order valence-corrected chi connectivity index (χ0v) is 17.8. The number of aromatic nitrogens is 2. The number of ether oxygens (including phenoxy) is 1. The van der Waals surface area contributed by atoms with Crippen molar-refractivity contribution in [2.75, 3.05) is 6.61 Å². The van der Waals surface area contributed by atoms with Crippen molar-refractivity contribution in [3.63, 3.8) is 0 Å². The third kappa shape index (κ3) is 3.54. The van der Waals surface area contributed by atoms with Gasteiger partial charge in [0.1, 0.15) is 0 Å². The van der Waals surface area contributed by atoms with Crippen molar-refractivity contribution in [2.45, 2.75) is 31.4 Å². The van der Waals surface area contributed by atoms with Crippen molar-refractivity contribution in [3.8, 4) is 11.5 Å². The lowest BCUT2D eigenvalue weighted by Crippen LogP contribution is -2.22. The van der Waals surface area contributed by atoms with Gasteiger partial charge in [-0.1, -0.05) is 42.9 Å². The molecule has 2 aromatic heterocycles. The molecule has 0 aliphatic carbocycles. The van der Waals surface area contributed by atoms with Gasteiger partial charge in [-0.2, -0.15) is 0 Å². The van der Waals surface area contributed by atoms with Crippen LogP contribution in [0.3, 0.4) is 0 Å². The van der Waals surface area contributed by atoms with E-state index in [9.17, 15) is 9.90 Å². The molecule has 3 heterocycles. The zero-order chi connectivity index (χ0) is 19.8. The molecule has 0 saturated carbocycles. The van der Waals surface area contributed by atoms with E-state index in [1.807, 2.05) is 13.1 Å². The minimum absolute atomic E-state index is 0.0863. The molecular formula is C20H19ClN2O3S2. The third-order valence-corrected chi connectivity index (χ3v) is 6.87. The number of thioether (sulfide) groups is 1. The Labute approximate surface area is 175 Å². The number of fused-ring (bicyclic) bond motifs is 1. The second-order valence-corrected chi connectivity index (χ2v) is 9.33. The van der Waals surface area contributed by atoms with Gasteiger partial charge in [0.15, 0.2) is 16.5 Å². The molecule has 0 amide bonds. The van der Waals surface area contributed by atoms with Crippen molar-refractivity contribution in [3.05, 3.63) is 61.0 Å². The number of thiazole rings is 1. The smallest absolute Gasteiger partial charge is 0.274 e. The zero-order valence-electron chi connectivity index (χ0n) is 15.4. The van der Waals surface area contributed by atoms with Gasteiger partial charge in [0, 0.05) is 17.4 Å². The molecule has 2 atom stereocenters. The van der Waals surface area contributed by atoms with Crippen LogP contribution in [0.1, 0.15) is 37.4 Å². The predicted octanol–water partition coefficient (Wildman–Crippen LogP) is 4.18. The van der Waals surface area contributed by atoms with Crippen LogP contribution in [0.2, 0.25) is 5.02 Å². The third-order valence-electron chi connectivity index (χ3n) is 4.56. The number of phenolic OH excluding ortho intramolecular Hbond substituents is 1. The van der Waals surface area contributed by atoms with Crippen LogP contribution in [0.25, 0.3) is 11.0 Å². The topological polar surface area (TPSA) is 63.8 Å². The lowest BCUT2D eigenvalue weighted by atomic mass is 10.0. The van der Waals surface area contributed by atoms with Gasteiger partial charge in [-0.25, -0.2) is 4.98 Å². The molecule has 1 aliphatic rings. The van der Waals surface area contributed by atoms with Gasteiger partial charge in [-0.3, -0.25) is 9.20 Å². The number of rotatable bonds is 5. The van der Waals surface area contributed by atoms with Crippen LogP contribution in [0.4, 0.5) is 0 Å². The maximum atomic E-state index is 12.8. The summed E-state index contributed by atoms with van der Waals surface area (Å²) in [6.07, 6.45) is 6.53. The number of allylic oxidation sites excluding steroid dienone is 1. The van der Waals surface area contributed by atoms with E-state index in [0.717, 1.165) is 12.1 Å². The second-order valence-electron chi connectivity index (χ2n) is 6.63. The standard InChI is InChI=1S/C20H19ClN2O3S2/c1-3-5-26-16-8-12(7-14(21)18(16)24)9-17-19(25)23-10-15(22-20(23)28-17)13-4-6-27-11(13)2/h4,6-11,13,24H,3,5H2,1-2H3. The summed E-state index contributed by atoms with van der Waals surface area (Å²) in [5.41, 5.74) is 1.51. The highest BCUT2D eigenvalue weighted by Crippen LogP contribution is 2.37. The van der Waals surface area contributed by atoms with Gasteiger partial charge in [-0.05, 0) is 35.6 Å². The molecule has 5 nitrogen and oxygen atoms in total. The largest absolute Gasteiger partial charge is 0.503 e. The van der Waals surface area contributed by atoms with E-state index in [-0.39, 0.29) is 22.2 Å². The maximum Gasteiger partial charge on any atom is 0.274 e. The number of halogens is 1. The maximum absolute atomic E-state index is 12.8. The highest BCUT2D eigenvalue weighted by atomic mass is 35.5. The molecule has 2 unspecified atom stereocenters. The Balaban J connectivity index is 1.73. The minimum atomic E-state index is -0.110. The summed E-state index contributed by atoms with van der Waals surface area (Å²) in [6, 6.07) is 3.30. The Morgan fingerprint density at radius 2 is 2.25 bits per heavy atom. The van der Waals surface area contributed by atoms with E-state index in [1.165, 1.54) is 11.3 Å². The molecule has 0 radical (unpaired) electrons. The molecule has 0 saturated heterocycles. The van der Waals surface area contributed by atoms with E-state index in [4.69, 9.17) is 16.3 Å². The fraction of sp³-hybridized carbons (Fsp3) is 0.300. The number of hydrogen-bond donors (Lipinski definition) is 1. The summed E-state index contributed by atoms with van der Waals surface area (Å²) in [5.74, 6) is 0.464. The first-order valence-electron chi connectivity index (χ1n) is 8.99. The monoisotopic (exact) mass is 434 g/mol. The van der Waals surface area contributed by atoms with E-state index in [0.29, 0.717) is 32.7 Å². The average Bonchev–Trinajstić information content (AvgIpc) is 3.34. The first kappa shape index (κ1) is 19.4. The van der Waals surface area contributed by atoms with Crippen molar-refractivity contribution in [1.29, 1.82) is 0 Å². The normalized spacial score (nSPS) is 19.8. The number of imidazole rings is 1. The van der Waals surface area contributed by atoms with E-state index in [2.05, 4.69) is 23.4 Å². The lowest BCUT2D eigenvalue weighted by Gasteiger charge is -2.09. The van der Waals surface area contributed by atoms with E-state index in [1.54, 1.807) is 34.4 Å². The van der Waals surface area contributed by atoms with Gasteiger partial charge in [0.05, 0.1) is 21.9 Å². The molecule has 0 fully saturated rings. The number of hydrogen-bond acceptors (Lipinski definition) is 6. The lowest BCUT2D eigenvalue weighted by molar-refractivity contribution is 0.299. The summed E-state index contributed by atoms with van der Waals surface area (Å²) in [7, 11) is 0. The van der Waals surface area contributed by atoms with Crippen LogP contribution in [-0.4, -0.2) is 26.3 Å². The minimum Gasteiger partial charge on any atom is -0.503 e. The van der Waals surface area contributed by atoms with Crippen molar-refractivity contribution >= 4 is 45.7 Å². The molecule has 28 heavy (non-hydrogen) atoms. The molecule has 1 aliphatic heterocycles. The Morgan fingerprint density at radius 3 is 2.93 bits per heavy atom. The van der Waals surface area contributed by atoms with Gasteiger partial charge >= 0.3 is 0 Å². The molecule has 3 aromatic rings. The Kier molecular flexibility index (Phi) is 5.40. The molecule has 146 valence electrons. The summed E-state index contributed by atoms with van der Waals surface area (Å²) >= 11 is 9.23. The Morgan fingerprint density at radius 1 is 1.43 bits per heavy atom. The van der Waals surface area contributed by atoms with Crippen molar-refractivity contribution in [2.24, 2.45) is 0 Å². The van der Waals surface area contributed by atoms with Crippen LogP contribution in [0.15, 0.2) is 34.6 Å². The Bertz CT molecular complexity index is 1170. The first-order valence-corrected chi connectivity index (χ1v) is 11.1. The number of benzene rings is 1. The van der Waals surface area contributed by atoms with E-state index < -0.39 is 0 Å². The van der Waals surface area contributed by atoms with E-state index >= 15 is 0 Å². The first-order chi connectivity index (χ1) is 13.5. The molecule has 8 heteroatoms. The summed E-state index contributed by atoms with van der Waals surface area (Å²) in [6.45, 7) is 4.61. The summed E-state index contributed by atoms with van der Waals surface area (Å²) < 4.78 is 7.71. The van der Waals surface area contributed by atoms with Crippen LogP contribution < -0.4 is 14.8 Å². The molecule has 1 N–H and O–H groups in total. The Hall–Kier alpha value is -1.96. The van der Waals surface area contributed by atoms with Gasteiger partial charge in [0.25, 0.3) is 5.56 Å². The van der Waals surface area contributed by atoms with Gasteiger partial charge in [0.2, 0.25) is 0 Å². The summed E-state index contributed by atoms with van der Waals surface area (Å²) in [5, 5.41) is 12.8. The van der Waals surface area contributed by atoms with Crippen molar-refractivity contribution < 1.29 is 9.84 Å². The van der Waals surface area contributed by atoms with Crippen LogP contribution >= 0.6 is 34.7 Å².